The van der Waals surface area contributed by atoms with Crippen molar-refractivity contribution in [2.24, 2.45) is 7.05 Å². The number of hydrogen-bond donors (Lipinski definition) is 1. The summed E-state index contributed by atoms with van der Waals surface area (Å²) in [7, 11) is 1.82. The molecule has 3 aromatic rings. The lowest BCUT2D eigenvalue weighted by Crippen LogP contribution is -1.99. The lowest BCUT2D eigenvalue weighted by molar-refractivity contribution is 0.786. The summed E-state index contributed by atoms with van der Waals surface area (Å²) in [5.74, 6) is 1.02. The number of hydrogen-bond acceptors (Lipinski definition) is 5. The first-order chi connectivity index (χ1) is 8.25. The van der Waals surface area contributed by atoms with Gasteiger partial charge in [-0.1, -0.05) is 0 Å². The first-order valence-electron chi connectivity index (χ1n) is 5.11. The van der Waals surface area contributed by atoms with Crippen molar-refractivity contribution >= 4 is 16.9 Å². The number of anilines is 1. The molecule has 3 heterocycles. The molecule has 84 valence electrons. The third kappa shape index (κ3) is 1.50. The first kappa shape index (κ1) is 9.71. The monoisotopic (exact) mass is 226 g/mol. The molecule has 0 saturated heterocycles. The summed E-state index contributed by atoms with van der Waals surface area (Å²) in [6, 6.07) is 3.69. The Morgan fingerprint density at radius 3 is 2.71 bits per heavy atom. The lowest BCUT2D eigenvalue weighted by atomic mass is 10.2. The van der Waals surface area contributed by atoms with Gasteiger partial charge in [0.25, 0.3) is 0 Å². The molecule has 0 aliphatic rings. The van der Waals surface area contributed by atoms with Crippen LogP contribution < -0.4 is 5.73 Å². The van der Waals surface area contributed by atoms with Crippen molar-refractivity contribution < 1.29 is 0 Å². The third-order valence-electron chi connectivity index (χ3n) is 2.56. The van der Waals surface area contributed by atoms with Gasteiger partial charge in [0.1, 0.15) is 5.82 Å². The van der Waals surface area contributed by atoms with Crippen molar-refractivity contribution in [3.63, 3.8) is 0 Å². The number of nitrogen functional groups attached to an aromatic ring is 1. The van der Waals surface area contributed by atoms with Gasteiger partial charge in [0.05, 0.1) is 11.6 Å². The quantitative estimate of drug-likeness (QED) is 0.669. The Labute approximate surface area is 97.1 Å². The minimum atomic E-state index is 0.440. The highest BCUT2D eigenvalue weighted by Crippen LogP contribution is 2.21. The number of aromatic nitrogens is 5. The van der Waals surface area contributed by atoms with Gasteiger partial charge >= 0.3 is 0 Å². The molecule has 0 aromatic carbocycles. The van der Waals surface area contributed by atoms with Gasteiger partial charge in [0.2, 0.25) is 0 Å². The van der Waals surface area contributed by atoms with E-state index in [9.17, 15) is 0 Å². The maximum atomic E-state index is 5.89. The van der Waals surface area contributed by atoms with Crippen LogP contribution in [0.3, 0.4) is 0 Å². The molecule has 0 saturated carbocycles. The van der Waals surface area contributed by atoms with E-state index < -0.39 is 0 Å². The van der Waals surface area contributed by atoms with Crippen molar-refractivity contribution in [2.75, 3.05) is 5.73 Å². The Hall–Kier alpha value is -2.50. The summed E-state index contributed by atoms with van der Waals surface area (Å²) in [4.78, 5) is 12.7. The number of pyridine rings is 1. The maximum absolute atomic E-state index is 5.89. The molecular formula is C11H10N6. The third-order valence-corrected chi connectivity index (χ3v) is 2.56. The second-order valence-corrected chi connectivity index (χ2v) is 3.67. The van der Waals surface area contributed by atoms with Crippen molar-refractivity contribution in [3.8, 4) is 11.4 Å². The molecule has 0 aliphatic heterocycles. The molecule has 0 atom stereocenters. The molecule has 17 heavy (non-hydrogen) atoms. The van der Waals surface area contributed by atoms with Crippen LogP contribution in [0.1, 0.15) is 0 Å². The second-order valence-electron chi connectivity index (χ2n) is 3.67. The van der Waals surface area contributed by atoms with Crippen LogP contribution in [0.5, 0.6) is 0 Å². The van der Waals surface area contributed by atoms with E-state index in [1.165, 1.54) is 0 Å². The zero-order chi connectivity index (χ0) is 11.8. The number of fused-ring (bicyclic) bond motifs is 1. The minimum absolute atomic E-state index is 0.440. The molecular weight excluding hydrogens is 216 g/mol. The van der Waals surface area contributed by atoms with Crippen LogP contribution in [-0.4, -0.2) is 24.7 Å². The molecule has 0 unspecified atom stereocenters. The number of nitrogens with zero attached hydrogens (tertiary/aromatic N) is 5. The molecule has 0 radical (unpaired) electrons. The molecule has 0 amide bonds. The Balaban J connectivity index is 2.28. The van der Waals surface area contributed by atoms with Gasteiger partial charge in [-0.3, -0.25) is 9.67 Å². The zero-order valence-electron chi connectivity index (χ0n) is 9.20. The summed E-state index contributed by atoms with van der Waals surface area (Å²) in [5.41, 5.74) is 7.50. The smallest absolute Gasteiger partial charge is 0.164 e. The van der Waals surface area contributed by atoms with Crippen molar-refractivity contribution in [1.82, 2.24) is 24.7 Å². The van der Waals surface area contributed by atoms with Crippen LogP contribution in [-0.2, 0) is 7.05 Å². The minimum Gasteiger partial charge on any atom is -0.383 e. The van der Waals surface area contributed by atoms with E-state index in [0.29, 0.717) is 11.6 Å². The van der Waals surface area contributed by atoms with Gasteiger partial charge < -0.3 is 5.73 Å². The Morgan fingerprint density at radius 2 is 1.94 bits per heavy atom. The van der Waals surface area contributed by atoms with Gasteiger partial charge in [-0.2, -0.15) is 5.10 Å². The average Bonchev–Trinajstić information content (AvgIpc) is 2.73. The average molecular weight is 226 g/mol. The molecule has 6 nitrogen and oxygen atoms in total. The maximum Gasteiger partial charge on any atom is 0.164 e. The van der Waals surface area contributed by atoms with Crippen molar-refractivity contribution in [1.29, 1.82) is 0 Å². The number of rotatable bonds is 1. The second kappa shape index (κ2) is 3.51. The van der Waals surface area contributed by atoms with E-state index in [2.05, 4.69) is 20.1 Å². The summed E-state index contributed by atoms with van der Waals surface area (Å²) in [6.07, 6.45) is 5.06. The van der Waals surface area contributed by atoms with E-state index in [1.54, 1.807) is 23.3 Å². The predicted molar refractivity (Wildman–Crippen MR) is 63.9 cm³/mol. The SMILES string of the molecule is Cn1ncc2c(N)nc(-c3ccncc3)nc21. The summed E-state index contributed by atoms with van der Waals surface area (Å²) in [6.45, 7) is 0. The van der Waals surface area contributed by atoms with Gasteiger partial charge in [0.15, 0.2) is 11.5 Å². The first-order valence-corrected chi connectivity index (χ1v) is 5.11. The fourth-order valence-corrected chi connectivity index (χ4v) is 1.67. The standard InChI is InChI=1S/C11H10N6/c1-17-11-8(6-14-17)9(12)15-10(16-11)7-2-4-13-5-3-7/h2-6H,1H3,(H2,12,15,16). The van der Waals surface area contributed by atoms with Crippen molar-refractivity contribution in [2.45, 2.75) is 0 Å². The van der Waals surface area contributed by atoms with E-state index in [1.807, 2.05) is 19.2 Å². The highest BCUT2D eigenvalue weighted by molar-refractivity contribution is 5.86. The Kier molecular flexibility index (Phi) is 2.01. The number of nitrogens with two attached hydrogens (primary N) is 1. The summed E-state index contributed by atoms with van der Waals surface area (Å²) >= 11 is 0. The van der Waals surface area contributed by atoms with Crippen LogP contribution in [0.4, 0.5) is 5.82 Å². The van der Waals surface area contributed by atoms with Crippen LogP contribution in [0.15, 0.2) is 30.7 Å². The molecule has 0 aliphatic carbocycles. The molecule has 0 bridgehead atoms. The molecule has 0 spiro atoms. The van der Waals surface area contributed by atoms with Crippen LogP contribution in [0, 0.1) is 0 Å². The van der Waals surface area contributed by atoms with Gasteiger partial charge in [-0.25, -0.2) is 9.97 Å². The molecule has 6 heteroatoms. The zero-order valence-corrected chi connectivity index (χ0v) is 9.20. The van der Waals surface area contributed by atoms with Crippen molar-refractivity contribution in [3.05, 3.63) is 30.7 Å². The normalized spacial score (nSPS) is 10.9. The largest absolute Gasteiger partial charge is 0.383 e. The molecule has 2 N–H and O–H groups in total. The summed E-state index contributed by atoms with van der Waals surface area (Å²) in [5, 5.41) is 4.88. The highest BCUT2D eigenvalue weighted by Gasteiger charge is 2.10. The highest BCUT2D eigenvalue weighted by atomic mass is 15.3. The van der Waals surface area contributed by atoms with Gasteiger partial charge in [0, 0.05) is 25.0 Å². The molecule has 3 aromatic heterocycles. The van der Waals surface area contributed by atoms with E-state index >= 15 is 0 Å². The van der Waals surface area contributed by atoms with E-state index in [4.69, 9.17) is 5.73 Å². The summed E-state index contributed by atoms with van der Waals surface area (Å²) < 4.78 is 1.68. The fourth-order valence-electron chi connectivity index (χ4n) is 1.67. The predicted octanol–water partition coefficient (Wildman–Crippen LogP) is 1.01. The number of aryl methyl sites for hydroxylation is 1. The van der Waals surface area contributed by atoms with Crippen LogP contribution >= 0.6 is 0 Å². The molecule has 0 fully saturated rings. The Morgan fingerprint density at radius 1 is 1.18 bits per heavy atom. The van der Waals surface area contributed by atoms with Crippen LogP contribution in [0.25, 0.3) is 22.4 Å². The van der Waals surface area contributed by atoms with E-state index in [0.717, 1.165) is 16.6 Å². The lowest BCUT2D eigenvalue weighted by Gasteiger charge is -2.02. The van der Waals surface area contributed by atoms with E-state index in [-0.39, 0.29) is 0 Å². The van der Waals surface area contributed by atoms with Crippen LogP contribution in [0.2, 0.25) is 0 Å². The van der Waals surface area contributed by atoms with Gasteiger partial charge in [-0.15, -0.1) is 0 Å². The van der Waals surface area contributed by atoms with Gasteiger partial charge in [-0.05, 0) is 12.1 Å². The topological polar surface area (TPSA) is 82.5 Å². The Bertz CT molecular complexity index is 673. The molecule has 3 rings (SSSR count). The fraction of sp³-hybridized carbons (Fsp3) is 0.0909.